The Morgan fingerprint density at radius 3 is 2.54 bits per heavy atom. The van der Waals surface area contributed by atoms with E-state index in [2.05, 4.69) is 0 Å². The summed E-state index contributed by atoms with van der Waals surface area (Å²) in [7, 11) is 0. The van der Waals surface area contributed by atoms with Crippen molar-refractivity contribution < 1.29 is 19.1 Å². The summed E-state index contributed by atoms with van der Waals surface area (Å²) in [5, 5.41) is 2.57. The molecule has 0 saturated carbocycles. The zero-order chi connectivity index (χ0) is 26.3. The highest BCUT2D eigenvalue weighted by Crippen LogP contribution is 2.51. The molecule has 2 aliphatic rings. The first kappa shape index (κ1) is 25.7. The van der Waals surface area contributed by atoms with E-state index in [4.69, 9.17) is 27.9 Å². The quantitative estimate of drug-likeness (QED) is 0.250. The van der Waals surface area contributed by atoms with Crippen molar-refractivity contribution in [1.82, 2.24) is 0 Å². The number of amides is 1. The average Bonchev–Trinajstić information content (AvgIpc) is 3.41. The molecule has 190 valence electrons. The maximum absolute atomic E-state index is 14.4. The number of aryl methyl sites for hydroxylation is 1. The molecule has 1 aromatic heterocycles. The zero-order valence-corrected chi connectivity index (χ0v) is 22.7. The second kappa shape index (κ2) is 10.4. The number of allylic oxidation sites excluding steroid dienone is 2. The number of para-hydroxylation sites is 1. The van der Waals surface area contributed by atoms with E-state index in [0.29, 0.717) is 33.3 Å². The van der Waals surface area contributed by atoms with Crippen LogP contribution in [0.5, 0.6) is 0 Å². The predicted molar refractivity (Wildman–Crippen MR) is 146 cm³/mol. The highest BCUT2D eigenvalue weighted by atomic mass is 35.5. The van der Waals surface area contributed by atoms with Crippen LogP contribution < -0.4 is 4.90 Å². The van der Waals surface area contributed by atoms with Crippen LogP contribution in [0.1, 0.15) is 47.6 Å². The van der Waals surface area contributed by atoms with Crippen molar-refractivity contribution in [2.75, 3.05) is 11.5 Å². The number of ether oxygens (including phenoxy) is 1. The van der Waals surface area contributed by atoms with Crippen molar-refractivity contribution >= 4 is 57.9 Å². The Kier molecular flexibility index (Phi) is 7.26. The van der Waals surface area contributed by atoms with Crippen LogP contribution >= 0.6 is 34.5 Å². The molecule has 0 bridgehead atoms. The zero-order valence-electron chi connectivity index (χ0n) is 20.4. The fourth-order valence-electron chi connectivity index (χ4n) is 5.45. The molecule has 1 amide bonds. The van der Waals surface area contributed by atoms with Gasteiger partial charge < -0.3 is 4.74 Å². The number of benzene rings is 2. The van der Waals surface area contributed by atoms with E-state index >= 15 is 0 Å². The van der Waals surface area contributed by atoms with Crippen molar-refractivity contribution in [3.05, 3.63) is 97.3 Å². The summed E-state index contributed by atoms with van der Waals surface area (Å²) in [6.07, 6.45) is 0.359. The van der Waals surface area contributed by atoms with Crippen LogP contribution in [0.4, 0.5) is 5.69 Å². The third kappa shape index (κ3) is 4.52. The summed E-state index contributed by atoms with van der Waals surface area (Å²) in [4.78, 5) is 44.0. The number of ketones is 1. The molecule has 3 atom stereocenters. The molecular weight excluding hydrogens is 529 g/mol. The van der Waals surface area contributed by atoms with Crippen LogP contribution in [0.15, 0.2) is 71.2 Å². The number of thiophene rings is 1. The Hall–Kier alpha value is -2.93. The molecule has 37 heavy (non-hydrogen) atoms. The second-order valence-electron chi connectivity index (χ2n) is 9.20. The van der Waals surface area contributed by atoms with E-state index in [-0.39, 0.29) is 24.7 Å². The summed E-state index contributed by atoms with van der Waals surface area (Å²) in [5.74, 6) is -3.09. The van der Waals surface area contributed by atoms with Gasteiger partial charge in [-0.15, -0.1) is 11.3 Å². The molecule has 3 aromatic rings. The van der Waals surface area contributed by atoms with Gasteiger partial charge in [-0.05, 0) is 55.0 Å². The van der Waals surface area contributed by atoms with E-state index in [9.17, 15) is 14.4 Å². The summed E-state index contributed by atoms with van der Waals surface area (Å²) in [6.45, 7) is 3.83. The maximum atomic E-state index is 14.4. The van der Waals surface area contributed by atoms with Gasteiger partial charge in [0.05, 0.1) is 22.3 Å². The summed E-state index contributed by atoms with van der Waals surface area (Å²) in [6, 6.07) is 16.6. The standard InChI is InChI=1S/C29H25Cl2NO4S/c1-3-36-29(35)26-19(23-12-7-13-37-23)14-22-25(28(26)34)18(17-9-6-10-20(30)27(17)31)15-24(33)32(22)21-11-5-4-8-16(21)2/h4-13,18-19,26H,3,14-15H2,1-2H3/t18-,19-,26+/m1/s1. The summed E-state index contributed by atoms with van der Waals surface area (Å²) in [5.41, 5.74) is 3.27. The predicted octanol–water partition coefficient (Wildman–Crippen LogP) is 7.07. The molecule has 0 fully saturated rings. The van der Waals surface area contributed by atoms with E-state index < -0.39 is 23.7 Å². The van der Waals surface area contributed by atoms with Crippen LogP contribution in [0.25, 0.3) is 0 Å². The Labute approximate surface area is 229 Å². The van der Waals surface area contributed by atoms with E-state index in [1.807, 2.05) is 48.7 Å². The third-order valence-corrected chi connectivity index (χ3v) is 8.92. The van der Waals surface area contributed by atoms with Gasteiger partial charge in [0.2, 0.25) is 5.91 Å². The third-order valence-electron chi connectivity index (χ3n) is 7.08. The first-order valence-electron chi connectivity index (χ1n) is 12.1. The molecule has 1 aliphatic heterocycles. The normalized spacial score (nSPS) is 21.7. The minimum absolute atomic E-state index is 0.0260. The molecule has 2 heterocycles. The second-order valence-corrected chi connectivity index (χ2v) is 11.0. The van der Waals surface area contributed by atoms with Gasteiger partial charge >= 0.3 is 5.97 Å². The molecule has 0 N–H and O–H groups in total. The van der Waals surface area contributed by atoms with E-state index in [1.165, 1.54) is 11.3 Å². The van der Waals surface area contributed by atoms with Gasteiger partial charge in [0, 0.05) is 34.4 Å². The minimum atomic E-state index is -1.01. The molecule has 0 saturated heterocycles. The Morgan fingerprint density at radius 2 is 1.84 bits per heavy atom. The lowest BCUT2D eigenvalue weighted by atomic mass is 9.69. The topological polar surface area (TPSA) is 63.7 Å². The minimum Gasteiger partial charge on any atom is -0.465 e. The van der Waals surface area contributed by atoms with Crippen LogP contribution in [-0.4, -0.2) is 24.3 Å². The Balaban J connectivity index is 1.76. The van der Waals surface area contributed by atoms with Crippen LogP contribution in [0.3, 0.4) is 0 Å². The van der Waals surface area contributed by atoms with Gasteiger partial charge in [-0.25, -0.2) is 0 Å². The fourth-order valence-corrected chi connectivity index (χ4v) is 6.76. The fraction of sp³-hybridized carbons (Fsp3) is 0.276. The van der Waals surface area contributed by atoms with E-state index in [0.717, 1.165) is 16.1 Å². The van der Waals surface area contributed by atoms with Crippen molar-refractivity contribution in [3.63, 3.8) is 0 Å². The smallest absolute Gasteiger partial charge is 0.317 e. The Morgan fingerprint density at radius 1 is 1.05 bits per heavy atom. The number of Topliss-reactive ketones (excluding diaryl/α,β-unsaturated/α-hetero) is 1. The number of hydrogen-bond donors (Lipinski definition) is 0. The SMILES string of the molecule is CCOC(=O)[C@@H]1C(=O)C2=C(C[C@@H]1c1cccs1)N(c1ccccc1C)C(=O)C[C@@H]2c1cccc(Cl)c1Cl. The van der Waals surface area contributed by atoms with Crippen LogP contribution in [0, 0.1) is 12.8 Å². The first-order valence-corrected chi connectivity index (χ1v) is 13.8. The molecule has 0 radical (unpaired) electrons. The molecule has 8 heteroatoms. The van der Waals surface area contributed by atoms with Crippen LogP contribution in [0.2, 0.25) is 10.0 Å². The highest BCUT2D eigenvalue weighted by molar-refractivity contribution is 7.10. The van der Waals surface area contributed by atoms with Gasteiger partial charge in [0.1, 0.15) is 5.92 Å². The molecule has 2 aromatic carbocycles. The number of carbonyl (C=O) groups is 3. The number of anilines is 1. The lowest BCUT2D eigenvalue weighted by Gasteiger charge is -2.42. The average molecular weight is 554 g/mol. The lowest BCUT2D eigenvalue weighted by Crippen LogP contribution is -2.46. The van der Waals surface area contributed by atoms with Gasteiger partial charge in [-0.2, -0.15) is 0 Å². The van der Waals surface area contributed by atoms with Gasteiger partial charge in [-0.3, -0.25) is 19.3 Å². The maximum Gasteiger partial charge on any atom is 0.317 e. The van der Waals surface area contributed by atoms with Crippen molar-refractivity contribution in [2.24, 2.45) is 5.92 Å². The van der Waals surface area contributed by atoms with Crippen LogP contribution in [-0.2, 0) is 19.1 Å². The number of nitrogens with zero attached hydrogens (tertiary/aromatic N) is 1. The summed E-state index contributed by atoms with van der Waals surface area (Å²) >= 11 is 14.4. The molecule has 1 aliphatic carbocycles. The molecule has 0 unspecified atom stereocenters. The van der Waals surface area contributed by atoms with Gasteiger partial charge in [-0.1, -0.05) is 59.6 Å². The highest BCUT2D eigenvalue weighted by Gasteiger charge is 2.50. The largest absolute Gasteiger partial charge is 0.465 e. The number of carbonyl (C=O) groups excluding carboxylic acids is 3. The van der Waals surface area contributed by atoms with Crippen molar-refractivity contribution in [1.29, 1.82) is 0 Å². The lowest BCUT2D eigenvalue weighted by molar-refractivity contribution is -0.152. The number of rotatable bonds is 5. The van der Waals surface area contributed by atoms with Crippen molar-refractivity contribution in [3.8, 4) is 0 Å². The van der Waals surface area contributed by atoms with Gasteiger partial charge in [0.15, 0.2) is 5.78 Å². The number of halogens is 2. The first-order chi connectivity index (χ1) is 17.8. The van der Waals surface area contributed by atoms with Gasteiger partial charge in [0.25, 0.3) is 0 Å². The molecule has 0 spiro atoms. The summed E-state index contributed by atoms with van der Waals surface area (Å²) < 4.78 is 5.39. The molecule has 5 nitrogen and oxygen atoms in total. The molecular formula is C29H25Cl2NO4S. The Bertz CT molecular complexity index is 1420. The molecule has 5 rings (SSSR count). The monoisotopic (exact) mass is 553 g/mol. The van der Waals surface area contributed by atoms with E-state index in [1.54, 1.807) is 30.0 Å². The van der Waals surface area contributed by atoms with Crippen molar-refractivity contribution in [2.45, 2.75) is 38.5 Å². The number of esters is 1. The number of hydrogen-bond acceptors (Lipinski definition) is 5.